The summed E-state index contributed by atoms with van der Waals surface area (Å²) in [5.41, 5.74) is 0.896. The third kappa shape index (κ3) is 13.3. The summed E-state index contributed by atoms with van der Waals surface area (Å²) in [6.45, 7) is 10.9. The zero-order valence-corrected chi connectivity index (χ0v) is 31.6. The van der Waals surface area contributed by atoms with Gasteiger partial charge in [-0.2, -0.15) is 0 Å². The predicted molar refractivity (Wildman–Crippen MR) is 194 cm³/mol. The Morgan fingerprint density at radius 1 is 1.02 bits per heavy atom. The maximum absolute atomic E-state index is 12.7. The van der Waals surface area contributed by atoms with Crippen molar-refractivity contribution in [2.45, 2.75) is 121 Å². The lowest BCUT2D eigenvalue weighted by Crippen LogP contribution is -2.50. The Balaban J connectivity index is 1.17. The molecule has 4 fully saturated rings. The first-order valence-corrected chi connectivity index (χ1v) is 19.3. The number of piperidine rings is 1. The topological polar surface area (TPSA) is 148 Å². The number of hydrogen-bond donors (Lipinski definition) is 3. The summed E-state index contributed by atoms with van der Waals surface area (Å²) in [7, 11) is 0. The van der Waals surface area contributed by atoms with Gasteiger partial charge < -0.3 is 39.8 Å². The van der Waals surface area contributed by atoms with E-state index in [0.717, 1.165) is 57.2 Å². The number of likely N-dealkylation sites (tertiary alicyclic amines) is 1. The summed E-state index contributed by atoms with van der Waals surface area (Å²) >= 11 is 2.00. The molecular formula is C36H55IN4O8. The van der Waals surface area contributed by atoms with Crippen molar-refractivity contribution in [1.29, 1.82) is 0 Å². The van der Waals surface area contributed by atoms with Gasteiger partial charge in [0.05, 0.1) is 53.5 Å². The molecule has 0 unspecified atom stereocenters. The maximum atomic E-state index is 12.7. The molecule has 0 aromatic heterocycles. The van der Waals surface area contributed by atoms with Gasteiger partial charge in [0.25, 0.3) is 0 Å². The Hall–Kier alpha value is -2.49. The molecule has 0 aromatic rings. The van der Waals surface area contributed by atoms with Crippen molar-refractivity contribution in [1.82, 2.24) is 20.9 Å². The van der Waals surface area contributed by atoms with Crippen molar-refractivity contribution in [2.75, 3.05) is 37.2 Å². The molecule has 12 nitrogen and oxygen atoms in total. The van der Waals surface area contributed by atoms with Gasteiger partial charge in [-0.25, -0.2) is 4.79 Å². The minimum absolute atomic E-state index is 0.0307. The van der Waals surface area contributed by atoms with Crippen molar-refractivity contribution in [2.24, 2.45) is 5.92 Å². The normalized spacial score (nSPS) is 31.0. The van der Waals surface area contributed by atoms with E-state index in [1.165, 1.54) is 6.08 Å². The summed E-state index contributed by atoms with van der Waals surface area (Å²) in [5, 5.41) is 8.67. The van der Waals surface area contributed by atoms with Crippen LogP contribution in [-0.4, -0.2) is 108 Å². The zero-order chi connectivity index (χ0) is 35.4. The minimum atomic E-state index is -0.495. The van der Waals surface area contributed by atoms with Gasteiger partial charge in [0.1, 0.15) is 6.10 Å². The molecule has 3 N–H and O–H groups in total. The smallest absolute Gasteiger partial charge is 0.410 e. The number of ether oxygens (including phenoxy) is 4. The highest BCUT2D eigenvalue weighted by atomic mass is 127. The molecular weight excluding hydrogens is 743 g/mol. The van der Waals surface area contributed by atoms with Crippen molar-refractivity contribution >= 4 is 46.4 Å². The molecule has 274 valence electrons. The van der Waals surface area contributed by atoms with Crippen molar-refractivity contribution in [3.63, 3.8) is 0 Å². The van der Waals surface area contributed by atoms with Gasteiger partial charge in [-0.3, -0.25) is 14.4 Å². The Kier molecular flexibility index (Phi) is 15.4. The SMILES string of the molecule is CC(/C=C/[C@@H]1C[C@]2(CO2)C[C@@H](CC(=O)NCCNC(=O)CI)O1)=C\C[C@@H]1O[C@H](C)[C@H](NC(=O)/C=C\[C@H](C)OC(=O)N2CCCCC2)C[C@@H]1C. The summed E-state index contributed by atoms with van der Waals surface area (Å²) < 4.78 is 24.3. The van der Waals surface area contributed by atoms with Crippen LogP contribution in [0.1, 0.15) is 79.1 Å². The zero-order valence-electron chi connectivity index (χ0n) is 29.4. The number of carbonyl (C=O) groups excluding carboxylic acids is 4. The highest BCUT2D eigenvalue weighted by Gasteiger charge is 2.51. The van der Waals surface area contributed by atoms with Crippen LogP contribution in [0.4, 0.5) is 4.79 Å². The average Bonchev–Trinajstić information content (AvgIpc) is 3.82. The molecule has 4 saturated heterocycles. The van der Waals surface area contributed by atoms with Crippen LogP contribution in [0.15, 0.2) is 36.0 Å². The van der Waals surface area contributed by atoms with Gasteiger partial charge >= 0.3 is 6.09 Å². The number of nitrogens with one attached hydrogen (secondary N) is 3. The van der Waals surface area contributed by atoms with Crippen LogP contribution in [0.25, 0.3) is 0 Å². The largest absolute Gasteiger partial charge is 0.442 e. The summed E-state index contributed by atoms with van der Waals surface area (Å²) in [5.74, 6) is -0.131. The lowest BCUT2D eigenvalue weighted by Gasteiger charge is -2.39. The third-order valence-electron chi connectivity index (χ3n) is 9.61. The molecule has 1 spiro atoms. The first-order valence-electron chi connectivity index (χ1n) is 17.8. The molecule has 0 radical (unpaired) electrons. The molecule has 0 aliphatic carbocycles. The van der Waals surface area contributed by atoms with E-state index in [4.69, 9.17) is 18.9 Å². The summed E-state index contributed by atoms with van der Waals surface area (Å²) in [6, 6.07) is -0.114. The third-order valence-corrected chi connectivity index (χ3v) is 10.3. The van der Waals surface area contributed by atoms with Crippen LogP contribution < -0.4 is 16.0 Å². The Morgan fingerprint density at radius 2 is 1.73 bits per heavy atom. The molecule has 13 heteroatoms. The van der Waals surface area contributed by atoms with Crippen molar-refractivity contribution in [3.05, 3.63) is 36.0 Å². The lowest BCUT2D eigenvalue weighted by molar-refractivity contribution is -0.128. The first kappa shape index (κ1) is 39.3. The summed E-state index contributed by atoms with van der Waals surface area (Å²) in [4.78, 5) is 50.6. The molecule has 4 aliphatic heterocycles. The first-order chi connectivity index (χ1) is 23.4. The molecule has 0 bridgehead atoms. The second-order valence-electron chi connectivity index (χ2n) is 14.0. The molecule has 8 atom stereocenters. The average molecular weight is 799 g/mol. The number of nitrogens with zero attached hydrogens (tertiary/aromatic N) is 1. The number of halogens is 1. The number of allylic oxidation sites excluding steroid dienone is 2. The predicted octanol–water partition coefficient (Wildman–Crippen LogP) is 4.12. The van der Waals surface area contributed by atoms with E-state index in [9.17, 15) is 19.2 Å². The fraction of sp³-hybridized carbons (Fsp3) is 0.722. The molecule has 4 heterocycles. The van der Waals surface area contributed by atoms with Gasteiger partial charge in [0.2, 0.25) is 17.7 Å². The molecule has 4 amide bonds. The van der Waals surface area contributed by atoms with E-state index in [2.05, 4.69) is 48.0 Å². The maximum Gasteiger partial charge on any atom is 0.410 e. The van der Waals surface area contributed by atoms with Crippen LogP contribution in [0.5, 0.6) is 0 Å². The van der Waals surface area contributed by atoms with Gasteiger partial charge in [0.15, 0.2) is 0 Å². The standard InChI is InChI=1S/C36H55IN4O8/c1-24(8-11-28-20-36(23-46-36)21-29(49-28)19-33(43)38-14-15-39-34(44)22-37)9-12-31-25(2)18-30(27(4)48-31)40-32(42)13-10-26(3)47-35(45)41-16-6-5-7-17-41/h8-11,13,25-31H,5-7,12,14-23H2,1-4H3,(H,38,43)(H,39,44)(H,40,42)/b11-8+,13-10-,24-9+/t25-,26-,27+,28+,29+,30+,31-,36+/m0/s1. The molecule has 0 saturated carbocycles. The molecule has 0 aromatic carbocycles. The monoisotopic (exact) mass is 798 g/mol. The second kappa shape index (κ2) is 19.2. The number of epoxide rings is 1. The van der Waals surface area contributed by atoms with Gasteiger partial charge in [0, 0.05) is 45.1 Å². The van der Waals surface area contributed by atoms with Crippen LogP contribution in [0.2, 0.25) is 0 Å². The lowest BCUT2D eigenvalue weighted by atomic mass is 9.88. The fourth-order valence-electron chi connectivity index (χ4n) is 6.65. The Bertz CT molecular complexity index is 1230. The van der Waals surface area contributed by atoms with Crippen LogP contribution in [0.3, 0.4) is 0 Å². The Labute approximate surface area is 304 Å². The number of rotatable bonds is 14. The second-order valence-corrected chi connectivity index (χ2v) is 14.7. The molecule has 49 heavy (non-hydrogen) atoms. The minimum Gasteiger partial charge on any atom is -0.442 e. The number of alkyl halides is 1. The number of amides is 4. The van der Waals surface area contributed by atoms with E-state index in [0.29, 0.717) is 30.5 Å². The quantitative estimate of drug-likeness (QED) is 0.0595. The van der Waals surface area contributed by atoms with Crippen LogP contribution >= 0.6 is 22.6 Å². The van der Waals surface area contributed by atoms with E-state index < -0.39 is 6.10 Å². The van der Waals surface area contributed by atoms with E-state index in [1.807, 2.05) is 29.5 Å². The van der Waals surface area contributed by atoms with Crippen LogP contribution in [-0.2, 0) is 33.3 Å². The van der Waals surface area contributed by atoms with E-state index >= 15 is 0 Å². The molecule has 4 aliphatic rings. The highest BCUT2D eigenvalue weighted by Crippen LogP contribution is 2.43. The van der Waals surface area contributed by atoms with Crippen molar-refractivity contribution < 1.29 is 38.1 Å². The fourth-order valence-corrected chi connectivity index (χ4v) is 6.92. The Morgan fingerprint density at radius 3 is 2.43 bits per heavy atom. The van der Waals surface area contributed by atoms with E-state index in [-0.39, 0.29) is 72.2 Å². The number of hydrogen-bond acceptors (Lipinski definition) is 8. The van der Waals surface area contributed by atoms with Crippen LogP contribution in [0, 0.1) is 5.92 Å². The van der Waals surface area contributed by atoms with E-state index in [1.54, 1.807) is 17.9 Å². The van der Waals surface area contributed by atoms with Gasteiger partial charge in [-0.1, -0.05) is 53.3 Å². The highest BCUT2D eigenvalue weighted by molar-refractivity contribution is 14.1. The summed E-state index contributed by atoms with van der Waals surface area (Å²) in [6.07, 6.45) is 14.4. The molecule has 4 rings (SSSR count). The number of carbonyl (C=O) groups is 4. The van der Waals surface area contributed by atoms with Gasteiger partial charge in [-0.15, -0.1) is 0 Å². The van der Waals surface area contributed by atoms with Gasteiger partial charge in [-0.05, 0) is 64.9 Å². The van der Waals surface area contributed by atoms with Crippen molar-refractivity contribution in [3.8, 4) is 0 Å².